The lowest BCUT2D eigenvalue weighted by Crippen LogP contribution is -2.56. The van der Waals surface area contributed by atoms with Crippen LogP contribution in [0.3, 0.4) is 0 Å². The Labute approximate surface area is 152 Å². The fourth-order valence-corrected chi connectivity index (χ4v) is 3.57. The van der Waals surface area contributed by atoms with Crippen molar-refractivity contribution in [3.8, 4) is 5.88 Å². The molecule has 2 N–H and O–H groups in total. The number of fused-ring (bicyclic) bond motifs is 2. The number of nitrogens with one attached hydrogen (secondary N) is 2. The van der Waals surface area contributed by atoms with Crippen molar-refractivity contribution >= 4 is 11.5 Å². The van der Waals surface area contributed by atoms with Gasteiger partial charge in [-0.15, -0.1) is 0 Å². The molecule has 6 nitrogen and oxygen atoms in total. The number of piperidine rings is 1. The highest BCUT2D eigenvalue weighted by molar-refractivity contribution is 5.61. The molecule has 2 bridgehead atoms. The topological polar surface area (TPSA) is 68.3 Å². The summed E-state index contributed by atoms with van der Waals surface area (Å²) < 4.78 is 25.9. The summed E-state index contributed by atoms with van der Waals surface area (Å²) in [6, 6.07) is 5.71. The van der Waals surface area contributed by atoms with Crippen LogP contribution in [-0.4, -0.2) is 41.4 Å². The van der Waals surface area contributed by atoms with Gasteiger partial charge in [-0.1, -0.05) is 6.07 Å². The number of morpholine rings is 1. The van der Waals surface area contributed by atoms with Gasteiger partial charge in [0, 0.05) is 24.9 Å². The van der Waals surface area contributed by atoms with Gasteiger partial charge >= 0.3 is 0 Å². The number of benzene rings is 1. The van der Waals surface area contributed by atoms with Crippen molar-refractivity contribution in [3.63, 3.8) is 0 Å². The molecule has 7 heteroatoms. The van der Waals surface area contributed by atoms with Crippen LogP contribution in [0.2, 0.25) is 0 Å². The van der Waals surface area contributed by atoms with Crippen molar-refractivity contribution in [3.05, 3.63) is 41.5 Å². The van der Waals surface area contributed by atoms with E-state index in [0.717, 1.165) is 37.2 Å². The van der Waals surface area contributed by atoms with Crippen molar-refractivity contribution in [2.75, 3.05) is 18.5 Å². The average Bonchev–Trinajstić information content (AvgIpc) is 2.60. The molecule has 1 aromatic heterocycles. The van der Waals surface area contributed by atoms with Crippen molar-refractivity contribution < 1.29 is 13.9 Å². The average molecular weight is 358 g/mol. The number of aromatic nitrogens is 2. The smallest absolute Gasteiger partial charge is 0.221 e. The van der Waals surface area contributed by atoms with Gasteiger partial charge in [0.2, 0.25) is 5.88 Å². The molecule has 2 aromatic rings. The maximum absolute atomic E-state index is 14.1. The van der Waals surface area contributed by atoms with Crippen LogP contribution < -0.4 is 15.4 Å². The molecular weight excluding hydrogens is 335 g/mol. The van der Waals surface area contributed by atoms with Gasteiger partial charge in [-0.3, -0.25) is 0 Å². The normalized spacial score (nSPS) is 25.0. The third kappa shape index (κ3) is 3.64. The third-order valence-corrected chi connectivity index (χ3v) is 4.90. The first kappa shape index (κ1) is 17.2. The summed E-state index contributed by atoms with van der Waals surface area (Å²) in [5, 5.41) is 6.59. The molecule has 4 rings (SSSR count). The molecule has 1 aromatic carbocycles. The van der Waals surface area contributed by atoms with E-state index >= 15 is 0 Å². The first-order valence-electron chi connectivity index (χ1n) is 8.93. The Kier molecular flexibility index (Phi) is 4.74. The van der Waals surface area contributed by atoms with E-state index in [9.17, 15) is 4.39 Å². The van der Waals surface area contributed by atoms with E-state index in [-0.39, 0.29) is 11.9 Å². The summed E-state index contributed by atoms with van der Waals surface area (Å²) in [5.41, 5.74) is 2.03. The Hall–Kier alpha value is -2.25. The second kappa shape index (κ2) is 7.17. The predicted molar refractivity (Wildman–Crippen MR) is 96.4 cm³/mol. The summed E-state index contributed by atoms with van der Waals surface area (Å²) in [5.74, 6) is 0.785. The highest BCUT2D eigenvalue weighted by Gasteiger charge is 2.33. The van der Waals surface area contributed by atoms with Crippen LogP contribution in [-0.2, 0) is 4.74 Å². The maximum atomic E-state index is 14.1. The zero-order valence-corrected chi connectivity index (χ0v) is 15.0. The molecule has 0 spiro atoms. The Morgan fingerprint density at radius 3 is 2.69 bits per heavy atom. The minimum atomic E-state index is -0.309. The number of hydrogen-bond acceptors (Lipinski definition) is 6. The fraction of sp³-hybridized carbons (Fsp3) is 0.474. The number of halogens is 1. The summed E-state index contributed by atoms with van der Waals surface area (Å²) in [4.78, 5) is 8.53. The zero-order valence-electron chi connectivity index (χ0n) is 15.0. The summed E-state index contributed by atoms with van der Waals surface area (Å²) in [6.45, 7) is 5.18. The molecular formula is C19H23FN4O2. The molecule has 3 heterocycles. The Morgan fingerprint density at radius 1 is 1.19 bits per heavy atom. The van der Waals surface area contributed by atoms with Crippen LogP contribution in [0.25, 0.3) is 0 Å². The molecule has 26 heavy (non-hydrogen) atoms. The first-order valence-corrected chi connectivity index (χ1v) is 8.93. The van der Waals surface area contributed by atoms with E-state index in [1.54, 1.807) is 6.07 Å². The second-order valence-corrected chi connectivity index (χ2v) is 7.07. The molecule has 2 unspecified atom stereocenters. The molecule has 0 amide bonds. The van der Waals surface area contributed by atoms with Gasteiger partial charge in [0.15, 0.2) is 0 Å². The molecule has 2 fully saturated rings. The molecule has 2 aliphatic rings. The number of rotatable bonds is 4. The van der Waals surface area contributed by atoms with Crippen molar-refractivity contribution in [2.45, 2.75) is 44.9 Å². The summed E-state index contributed by atoms with van der Waals surface area (Å²) in [7, 11) is 0. The Bertz CT molecular complexity index is 789. The molecule has 0 saturated carbocycles. The van der Waals surface area contributed by atoms with Crippen LogP contribution in [0.15, 0.2) is 24.5 Å². The Balaban J connectivity index is 1.50. The van der Waals surface area contributed by atoms with E-state index in [1.807, 2.05) is 19.9 Å². The van der Waals surface area contributed by atoms with E-state index in [4.69, 9.17) is 9.47 Å². The fourth-order valence-electron chi connectivity index (χ4n) is 3.57. The Morgan fingerprint density at radius 2 is 1.96 bits per heavy atom. The molecule has 2 saturated heterocycles. The van der Waals surface area contributed by atoms with Gasteiger partial charge in [0.1, 0.15) is 24.1 Å². The van der Waals surface area contributed by atoms with Crippen LogP contribution >= 0.6 is 0 Å². The van der Waals surface area contributed by atoms with E-state index in [1.165, 1.54) is 12.4 Å². The number of anilines is 2. The molecule has 2 aliphatic heterocycles. The molecule has 138 valence electrons. The second-order valence-electron chi connectivity index (χ2n) is 7.07. The number of aryl methyl sites for hydroxylation is 1. The van der Waals surface area contributed by atoms with Gasteiger partial charge in [0.25, 0.3) is 0 Å². The van der Waals surface area contributed by atoms with Gasteiger partial charge in [0.05, 0.1) is 24.5 Å². The van der Waals surface area contributed by atoms with Crippen LogP contribution in [0, 0.1) is 19.7 Å². The number of hydrogen-bond donors (Lipinski definition) is 2. The quantitative estimate of drug-likeness (QED) is 0.876. The van der Waals surface area contributed by atoms with Crippen LogP contribution in [0.5, 0.6) is 5.88 Å². The lowest BCUT2D eigenvalue weighted by Gasteiger charge is -2.39. The van der Waals surface area contributed by atoms with E-state index in [0.29, 0.717) is 29.5 Å². The minimum Gasteiger partial charge on any atom is -0.474 e. The van der Waals surface area contributed by atoms with E-state index in [2.05, 4.69) is 20.6 Å². The van der Waals surface area contributed by atoms with E-state index < -0.39 is 0 Å². The van der Waals surface area contributed by atoms with Crippen LogP contribution in [0.4, 0.5) is 15.9 Å². The van der Waals surface area contributed by atoms with Crippen molar-refractivity contribution in [2.24, 2.45) is 0 Å². The minimum absolute atomic E-state index is 0.0905. The van der Waals surface area contributed by atoms with Crippen molar-refractivity contribution in [1.82, 2.24) is 15.3 Å². The lowest BCUT2D eigenvalue weighted by molar-refractivity contribution is -0.0134. The number of nitrogens with zero attached hydrogens (tertiary/aromatic N) is 2. The van der Waals surface area contributed by atoms with Gasteiger partial charge < -0.3 is 20.1 Å². The lowest BCUT2D eigenvalue weighted by atomic mass is 9.95. The summed E-state index contributed by atoms with van der Waals surface area (Å²) in [6.07, 6.45) is 3.31. The standard InChI is InChI=1S/C19H23FN4O2/c1-11-3-4-17(16(20)5-11)24-18-12(2)19(22-10-21-18)26-15-6-13-8-25-9-14(7-15)23-13/h3-5,10,13-15,23H,6-9H2,1-2H3,(H,21,22,24). The molecule has 0 radical (unpaired) electrons. The monoisotopic (exact) mass is 358 g/mol. The molecule has 2 atom stereocenters. The SMILES string of the molecule is Cc1ccc(Nc2ncnc(OC3CC4COCC(C3)N4)c2C)c(F)c1. The van der Waals surface area contributed by atoms with Gasteiger partial charge in [-0.2, -0.15) is 0 Å². The van der Waals surface area contributed by atoms with Gasteiger partial charge in [-0.05, 0) is 31.5 Å². The zero-order chi connectivity index (χ0) is 18.1. The van der Waals surface area contributed by atoms with Crippen molar-refractivity contribution in [1.29, 1.82) is 0 Å². The highest BCUT2D eigenvalue weighted by atomic mass is 19.1. The first-order chi connectivity index (χ1) is 12.6. The predicted octanol–water partition coefficient (Wildman–Crippen LogP) is 2.87. The largest absolute Gasteiger partial charge is 0.474 e. The summed E-state index contributed by atoms with van der Waals surface area (Å²) >= 11 is 0. The van der Waals surface area contributed by atoms with Crippen LogP contribution in [0.1, 0.15) is 24.0 Å². The maximum Gasteiger partial charge on any atom is 0.221 e. The molecule has 0 aliphatic carbocycles. The highest BCUT2D eigenvalue weighted by Crippen LogP contribution is 2.29. The number of ether oxygens (including phenoxy) is 2. The van der Waals surface area contributed by atoms with Gasteiger partial charge in [-0.25, -0.2) is 14.4 Å². The third-order valence-electron chi connectivity index (χ3n) is 4.90.